The van der Waals surface area contributed by atoms with Gasteiger partial charge < -0.3 is 9.84 Å². The van der Waals surface area contributed by atoms with Gasteiger partial charge in [-0.1, -0.05) is 81.1 Å². The van der Waals surface area contributed by atoms with Crippen LogP contribution in [-0.4, -0.2) is 39.9 Å². The highest BCUT2D eigenvalue weighted by molar-refractivity contribution is 7.99. The molecule has 0 unspecified atom stereocenters. The van der Waals surface area contributed by atoms with Gasteiger partial charge in [0.1, 0.15) is 11.5 Å². The van der Waals surface area contributed by atoms with Crippen molar-refractivity contribution in [1.29, 1.82) is 0 Å². The highest BCUT2D eigenvalue weighted by atomic mass is 32.2. The van der Waals surface area contributed by atoms with Crippen molar-refractivity contribution in [1.82, 2.24) is 4.90 Å². The zero-order chi connectivity index (χ0) is 21.2. The SMILES string of the molecule is C=C(C)[C@@H](O)[C@H](SC)N1C(=O)OC(c2ccccc2)(c2ccccc2)[C@@H]1C(C)C. The molecule has 1 aliphatic heterocycles. The number of hydrogen-bond acceptors (Lipinski definition) is 4. The van der Waals surface area contributed by atoms with Gasteiger partial charge in [-0.3, -0.25) is 4.90 Å². The van der Waals surface area contributed by atoms with E-state index in [1.165, 1.54) is 11.8 Å². The molecule has 0 aromatic heterocycles. The van der Waals surface area contributed by atoms with Gasteiger partial charge in [-0.25, -0.2) is 4.79 Å². The molecule has 29 heavy (non-hydrogen) atoms. The Hall–Kier alpha value is -2.24. The van der Waals surface area contributed by atoms with E-state index in [1.54, 1.807) is 11.8 Å². The van der Waals surface area contributed by atoms with Gasteiger partial charge in [-0.2, -0.15) is 0 Å². The van der Waals surface area contributed by atoms with Gasteiger partial charge in [0.05, 0.1) is 6.04 Å². The lowest BCUT2D eigenvalue weighted by Crippen LogP contribution is -2.53. The Bertz CT molecular complexity index is 813. The Labute approximate surface area is 177 Å². The Balaban J connectivity index is 2.24. The molecule has 2 aromatic rings. The predicted molar refractivity (Wildman–Crippen MR) is 119 cm³/mol. The Morgan fingerprint density at radius 3 is 1.97 bits per heavy atom. The van der Waals surface area contributed by atoms with Crippen LogP contribution in [0, 0.1) is 5.92 Å². The minimum absolute atomic E-state index is 0.0776. The number of benzene rings is 2. The van der Waals surface area contributed by atoms with Gasteiger partial charge in [-0.15, -0.1) is 11.8 Å². The molecule has 0 bridgehead atoms. The summed E-state index contributed by atoms with van der Waals surface area (Å²) in [5.41, 5.74) is 1.50. The third-order valence-electron chi connectivity index (χ3n) is 5.50. The molecule has 1 heterocycles. The second kappa shape index (κ2) is 8.64. The number of thioether (sulfide) groups is 1. The quantitative estimate of drug-likeness (QED) is 0.649. The Morgan fingerprint density at radius 1 is 1.10 bits per heavy atom. The summed E-state index contributed by atoms with van der Waals surface area (Å²) in [7, 11) is 0. The summed E-state index contributed by atoms with van der Waals surface area (Å²) < 4.78 is 6.25. The van der Waals surface area contributed by atoms with Crippen molar-refractivity contribution in [2.45, 2.75) is 43.9 Å². The number of aliphatic hydroxyl groups is 1. The molecular formula is C24H29NO3S. The summed E-state index contributed by atoms with van der Waals surface area (Å²) >= 11 is 1.43. The van der Waals surface area contributed by atoms with Crippen LogP contribution in [0.25, 0.3) is 0 Å². The summed E-state index contributed by atoms with van der Waals surface area (Å²) in [6, 6.07) is 19.5. The van der Waals surface area contributed by atoms with E-state index < -0.39 is 23.2 Å². The normalized spacial score (nSPS) is 20.4. The molecule has 1 N–H and O–H groups in total. The van der Waals surface area contributed by atoms with Crippen LogP contribution in [0.5, 0.6) is 0 Å². The van der Waals surface area contributed by atoms with Crippen LogP contribution >= 0.6 is 11.8 Å². The van der Waals surface area contributed by atoms with Crippen LogP contribution in [0.15, 0.2) is 72.8 Å². The van der Waals surface area contributed by atoms with Crippen LogP contribution in [0.3, 0.4) is 0 Å². The van der Waals surface area contributed by atoms with Crippen molar-refractivity contribution in [3.05, 3.63) is 83.9 Å². The zero-order valence-corrected chi connectivity index (χ0v) is 18.2. The molecule has 1 amide bonds. The fraction of sp³-hybridized carbons (Fsp3) is 0.375. The fourth-order valence-electron chi connectivity index (χ4n) is 4.25. The molecule has 2 aromatic carbocycles. The monoisotopic (exact) mass is 411 g/mol. The van der Waals surface area contributed by atoms with Gasteiger partial charge in [0.15, 0.2) is 5.60 Å². The van der Waals surface area contributed by atoms with Gasteiger partial charge >= 0.3 is 6.09 Å². The predicted octanol–water partition coefficient (Wildman–Crippen LogP) is 5.03. The Morgan fingerprint density at radius 2 is 1.59 bits per heavy atom. The Kier molecular flexibility index (Phi) is 6.39. The van der Waals surface area contributed by atoms with Crippen molar-refractivity contribution in [2.24, 2.45) is 5.92 Å². The molecule has 1 saturated heterocycles. The maximum atomic E-state index is 13.3. The van der Waals surface area contributed by atoms with Gasteiger partial charge in [0.2, 0.25) is 0 Å². The molecule has 3 atom stereocenters. The van der Waals surface area contributed by atoms with E-state index in [-0.39, 0.29) is 12.0 Å². The van der Waals surface area contributed by atoms with Crippen LogP contribution in [0.1, 0.15) is 31.9 Å². The van der Waals surface area contributed by atoms with E-state index in [9.17, 15) is 9.90 Å². The third kappa shape index (κ3) is 3.69. The molecule has 0 saturated carbocycles. The fourth-order valence-corrected chi connectivity index (χ4v) is 5.18. The van der Waals surface area contributed by atoms with Crippen molar-refractivity contribution in [3.63, 3.8) is 0 Å². The van der Waals surface area contributed by atoms with E-state index in [2.05, 4.69) is 20.4 Å². The maximum absolute atomic E-state index is 13.3. The third-order valence-corrected chi connectivity index (χ3v) is 6.47. The summed E-state index contributed by atoms with van der Waals surface area (Å²) in [6.07, 6.45) is 0.629. The lowest BCUT2D eigenvalue weighted by molar-refractivity contribution is 0.0507. The van der Waals surface area contributed by atoms with E-state index in [1.807, 2.05) is 66.9 Å². The van der Waals surface area contributed by atoms with E-state index >= 15 is 0 Å². The number of hydrogen-bond donors (Lipinski definition) is 1. The number of carbonyl (C=O) groups excluding carboxylic acids is 1. The maximum Gasteiger partial charge on any atom is 0.412 e. The smallest absolute Gasteiger partial charge is 0.412 e. The topological polar surface area (TPSA) is 49.8 Å². The molecule has 5 heteroatoms. The lowest BCUT2D eigenvalue weighted by Gasteiger charge is -2.41. The average Bonchev–Trinajstić information content (AvgIpc) is 3.04. The molecule has 4 nitrogen and oxygen atoms in total. The van der Waals surface area contributed by atoms with Crippen molar-refractivity contribution < 1.29 is 14.6 Å². The molecule has 3 rings (SSSR count). The van der Waals surface area contributed by atoms with E-state index in [0.29, 0.717) is 5.57 Å². The lowest BCUT2D eigenvalue weighted by atomic mass is 9.75. The number of ether oxygens (including phenoxy) is 1. The zero-order valence-electron chi connectivity index (χ0n) is 17.4. The first-order chi connectivity index (χ1) is 13.8. The first-order valence-electron chi connectivity index (χ1n) is 9.83. The molecular weight excluding hydrogens is 382 g/mol. The van der Waals surface area contributed by atoms with Crippen LogP contribution in [-0.2, 0) is 10.3 Å². The summed E-state index contributed by atoms with van der Waals surface area (Å²) in [5.74, 6) is 0.0776. The minimum atomic E-state index is -0.962. The molecule has 1 aliphatic rings. The highest BCUT2D eigenvalue weighted by Gasteiger charge is 2.59. The highest BCUT2D eigenvalue weighted by Crippen LogP contribution is 2.49. The summed E-state index contributed by atoms with van der Waals surface area (Å²) in [4.78, 5) is 15.0. The van der Waals surface area contributed by atoms with E-state index in [4.69, 9.17) is 4.74 Å². The number of amides is 1. The standard InChI is InChI=1S/C24H29NO3S/c1-16(2)20(26)22(29-5)25-21(17(3)4)24(28-23(25)27,18-12-8-6-9-13-18)19-14-10-7-11-15-19/h6-15,17,20-22,26H,1H2,2-5H3/t20-,21+,22+/m1/s1. The first kappa shape index (κ1) is 21.5. The minimum Gasteiger partial charge on any atom is -0.431 e. The number of nitrogens with zero attached hydrogens (tertiary/aromatic N) is 1. The van der Waals surface area contributed by atoms with Crippen LogP contribution < -0.4 is 0 Å². The molecule has 154 valence electrons. The second-order valence-electron chi connectivity index (χ2n) is 7.85. The number of cyclic esters (lactones) is 1. The molecule has 0 radical (unpaired) electrons. The molecule has 1 fully saturated rings. The number of rotatable bonds is 7. The second-order valence-corrected chi connectivity index (χ2v) is 8.80. The van der Waals surface area contributed by atoms with Gasteiger partial charge in [-0.05, 0) is 24.7 Å². The van der Waals surface area contributed by atoms with Crippen molar-refractivity contribution in [3.8, 4) is 0 Å². The van der Waals surface area contributed by atoms with Gasteiger partial charge in [0, 0.05) is 11.1 Å². The number of carbonyl (C=O) groups is 1. The molecule has 0 spiro atoms. The first-order valence-corrected chi connectivity index (χ1v) is 11.1. The van der Waals surface area contributed by atoms with Crippen LogP contribution in [0.2, 0.25) is 0 Å². The summed E-state index contributed by atoms with van der Waals surface area (Å²) in [5, 5.41) is 10.3. The molecule has 0 aliphatic carbocycles. The average molecular weight is 412 g/mol. The van der Waals surface area contributed by atoms with Gasteiger partial charge in [0.25, 0.3) is 0 Å². The summed E-state index contributed by atoms with van der Waals surface area (Å²) in [6.45, 7) is 9.86. The van der Waals surface area contributed by atoms with Crippen molar-refractivity contribution in [2.75, 3.05) is 6.26 Å². The van der Waals surface area contributed by atoms with E-state index in [0.717, 1.165) is 11.1 Å². The largest absolute Gasteiger partial charge is 0.431 e. The van der Waals surface area contributed by atoms with Crippen LogP contribution in [0.4, 0.5) is 4.79 Å². The van der Waals surface area contributed by atoms with Crippen molar-refractivity contribution >= 4 is 17.9 Å². The number of aliphatic hydroxyl groups excluding tert-OH is 1.